The second kappa shape index (κ2) is 7.01. The van der Waals surface area contributed by atoms with Gasteiger partial charge < -0.3 is 9.64 Å². The summed E-state index contributed by atoms with van der Waals surface area (Å²) in [5.41, 5.74) is 1.84. The van der Waals surface area contributed by atoms with E-state index in [0.717, 1.165) is 11.3 Å². The average molecular weight is 336 g/mol. The maximum Gasteiger partial charge on any atom is 0.410 e. The van der Waals surface area contributed by atoms with E-state index in [-0.39, 0.29) is 45.2 Å². The number of aryl methyl sites for hydroxylation is 1. The Labute approximate surface area is 137 Å². The number of hydrogen-bond donors (Lipinski definition) is 0. The van der Waals surface area contributed by atoms with Crippen LogP contribution in [0.5, 0.6) is 0 Å². The van der Waals surface area contributed by atoms with Gasteiger partial charge in [-0.2, -0.15) is 23.8 Å². The van der Waals surface area contributed by atoms with E-state index in [4.69, 9.17) is 0 Å². The second-order valence-electron chi connectivity index (χ2n) is 4.17. The standard InChI is InChI=1S/C13H15N2O3.Y/c1-10-3-5-11(6-4-10)15-8-7-14(9-12(15)16)13(17)18-2;/h3,5-6H,7-9H2,1-2H3;/q-1;. The van der Waals surface area contributed by atoms with Crippen molar-refractivity contribution in [2.45, 2.75) is 6.92 Å². The first-order valence-corrected chi connectivity index (χ1v) is 5.73. The molecule has 0 aliphatic carbocycles. The molecular formula is C13H15N2O3Y-. The Morgan fingerprint density at radius 1 is 1.37 bits per heavy atom. The molecule has 0 atom stereocenters. The molecule has 19 heavy (non-hydrogen) atoms. The van der Waals surface area contributed by atoms with Crippen molar-refractivity contribution in [1.29, 1.82) is 0 Å². The summed E-state index contributed by atoms with van der Waals surface area (Å²) in [5.74, 6) is -0.107. The molecule has 0 saturated carbocycles. The molecule has 1 radical (unpaired) electrons. The van der Waals surface area contributed by atoms with Crippen LogP contribution in [-0.2, 0) is 42.2 Å². The Morgan fingerprint density at radius 3 is 2.63 bits per heavy atom. The average Bonchev–Trinajstić information content (AvgIpc) is 2.39. The molecule has 1 heterocycles. The monoisotopic (exact) mass is 336 g/mol. The Hall–Kier alpha value is -0.936. The maximum absolute atomic E-state index is 12.0. The van der Waals surface area contributed by atoms with Crippen LogP contribution in [0.25, 0.3) is 0 Å². The van der Waals surface area contributed by atoms with E-state index in [2.05, 4.69) is 10.8 Å². The van der Waals surface area contributed by atoms with E-state index < -0.39 is 6.09 Å². The van der Waals surface area contributed by atoms with Gasteiger partial charge in [-0.25, -0.2) is 4.79 Å². The molecule has 1 saturated heterocycles. The SMILES string of the molecule is COC(=O)N1CCN(c2c[c-]c(C)cc2)C(=O)C1.[Y]. The number of nitrogens with zero attached hydrogens (tertiary/aromatic N) is 2. The van der Waals surface area contributed by atoms with Crippen molar-refractivity contribution >= 4 is 17.7 Å². The van der Waals surface area contributed by atoms with Gasteiger partial charge in [0.2, 0.25) is 5.91 Å². The van der Waals surface area contributed by atoms with Crippen molar-refractivity contribution in [3.8, 4) is 0 Å². The number of amides is 2. The van der Waals surface area contributed by atoms with Crippen LogP contribution in [-0.4, -0.2) is 43.6 Å². The molecule has 1 aliphatic rings. The molecule has 2 rings (SSSR count). The van der Waals surface area contributed by atoms with Crippen molar-refractivity contribution < 1.29 is 47.0 Å². The number of anilines is 1. The minimum atomic E-state index is -0.460. The summed E-state index contributed by atoms with van der Waals surface area (Å²) in [6, 6.07) is 8.65. The fraction of sp³-hybridized carbons (Fsp3) is 0.385. The molecular weight excluding hydrogens is 321 g/mol. The van der Waals surface area contributed by atoms with Crippen LogP contribution in [0.15, 0.2) is 18.2 Å². The van der Waals surface area contributed by atoms with Gasteiger partial charge in [-0.3, -0.25) is 9.69 Å². The third-order valence-electron chi connectivity index (χ3n) is 2.92. The van der Waals surface area contributed by atoms with E-state index in [1.807, 2.05) is 19.1 Å². The van der Waals surface area contributed by atoms with E-state index >= 15 is 0 Å². The number of carbonyl (C=O) groups is 2. The number of carbonyl (C=O) groups excluding carboxylic acids is 2. The number of methoxy groups -OCH3 is 1. The van der Waals surface area contributed by atoms with Gasteiger partial charge >= 0.3 is 6.09 Å². The van der Waals surface area contributed by atoms with Gasteiger partial charge in [0.15, 0.2) is 0 Å². The smallest absolute Gasteiger partial charge is 0.410 e. The molecule has 5 nitrogen and oxygen atoms in total. The quantitative estimate of drug-likeness (QED) is 0.725. The summed E-state index contributed by atoms with van der Waals surface area (Å²) in [6.45, 7) is 2.96. The molecule has 1 aromatic carbocycles. The number of hydrogen-bond acceptors (Lipinski definition) is 3. The van der Waals surface area contributed by atoms with Crippen molar-refractivity contribution in [2.75, 3.05) is 31.6 Å². The van der Waals surface area contributed by atoms with Gasteiger partial charge in [0.25, 0.3) is 0 Å². The van der Waals surface area contributed by atoms with E-state index in [9.17, 15) is 9.59 Å². The molecule has 0 N–H and O–H groups in total. The maximum atomic E-state index is 12.0. The molecule has 1 aliphatic heterocycles. The van der Waals surface area contributed by atoms with Gasteiger partial charge in [-0.05, 0) is 0 Å². The first-order chi connectivity index (χ1) is 8.61. The summed E-state index contributed by atoms with van der Waals surface area (Å²) in [7, 11) is 1.31. The zero-order chi connectivity index (χ0) is 13.1. The van der Waals surface area contributed by atoms with Gasteiger partial charge in [0.1, 0.15) is 6.54 Å². The predicted octanol–water partition coefficient (Wildman–Crippen LogP) is 1.21. The zero-order valence-corrected chi connectivity index (χ0v) is 13.9. The summed E-state index contributed by atoms with van der Waals surface area (Å²) < 4.78 is 4.60. The van der Waals surface area contributed by atoms with Crippen molar-refractivity contribution in [3.63, 3.8) is 0 Å². The predicted molar refractivity (Wildman–Crippen MR) is 66.3 cm³/mol. The van der Waals surface area contributed by atoms with Crippen molar-refractivity contribution in [3.05, 3.63) is 29.8 Å². The Balaban J connectivity index is 0.00000180. The van der Waals surface area contributed by atoms with Crippen LogP contribution in [0.3, 0.4) is 0 Å². The Morgan fingerprint density at radius 2 is 2.11 bits per heavy atom. The fourth-order valence-corrected chi connectivity index (χ4v) is 1.89. The topological polar surface area (TPSA) is 49.9 Å². The van der Waals surface area contributed by atoms with Crippen LogP contribution in [0, 0.1) is 13.0 Å². The normalized spacial score (nSPS) is 14.9. The van der Waals surface area contributed by atoms with Crippen molar-refractivity contribution in [1.82, 2.24) is 4.90 Å². The van der Waals surface area contributed by atoms with E-state index in [1.165, 1.54) is 12.0 Å². The third-order valence-corrected chi connectivity index (χ3v) is 2.92. The van der Waals surface area contributed by atoms with Crippen LogP contribution >= 0.6 is 0 Å². The Bertz CT molecular complexity index is 461. The summed E-state index contributed by atoms with van der Waals surface area (Å²) >= 11 is 0. The van der Waals surface area contributed by atoms with Gasteiger partial charge in [0, 0.05) is 45.8 Å². The van der Waals surface area contributed by atoms with Crippen LogP contribution < -0.4 is 4.90 Å². The van der Waals surface area contributed by atoms with Crippen LogP contribution in [0.4, 0.5) is 10.5 Å². The zero-order valence-electron chi connectivity index (χ0n) is 11.0. The summed E-state index contributed by atoms with van der Waals surface area (Å²) in [5, 5.41) is 0. The molecule has 0 bridgehead atoms. The third kappa shape index (κ3) is 3.77. The molecule has 6 heteroatoms. The first kappa shape index (κ1) is 16.1. The summed E-state index contributed by atoms with van der Waals surface area (Å²) in [6.07, 6.45) is -0.460. The molecule has 0 aromatic heterocycles. The second-order valence-corrected chi connectivity index (χ2v) is 4.17. The van der Waals surface area contributed by atoms with Crippen LogP contribution in [0.2, 0.25) is 0 Å². The largest absolute Gasteiger partial charge is 0.453 e. The minimum absolute atomic E-state index is 0. The number of rotatable bonds is 1. The number of piperazine rings is 1. The molecule has 0 spiro atoms. The van der Waals surface area contributed by atoms with Gasteiger partial charge in [-0.1, -0.05) is 12.6 Å². The minimum Gasteiger partial charge on any atom is -0.453 e. The fourth-order valence-electron chi connectivity index (χ4n) is 1.89. The van der Waals surface area contributed by atoms with E-state index in [1.54, 1.807) is 11.0 Å². The van der Waals surface area contributed by atoms with Crippen LogP contribution in [0.1, 0.15) is 5.56 Å². The number of benzene rings is 1. The molecule has 2 amide bonds. The summed E-state index contributed by atoms with van der Waals surface area (Å²) in [4.78, 5) is 26.4. The molecule has 1 fully saturated rings. The van der Waals surface area contributed by atoms with Gasteiger partial charge in [-0.15, -0.1) is 6.07 Å². The van der Waals surface area contributed by atoms with Gasteiger partial charge in [0.05, 0.1) is 7.11 Å². The molecule has 99 valence electrons. The molecule has 0 unspecified atom stereocenters. The Kier molecular flexibility index (Phi) is 5.95. The van der Waals surface area contributed by atoms with Crippen molar-refractivity contribution in [2.24, 2.45) is 0 Å². The van der Waals surface area contributed by atoms with E-state index in [0.29, 0.717) is 13.1 Å². The number of ether oxygens (including phenoxy) is 1. The first-order valence-electron chi connectivity index (χ1n) is 5.73. The molecule has 1 aromatic rings.